The fraction of sp³-hybridized carbons (Fsp3) is 0.0588. The first-order valence-corrected chi connectivity index (χ1v) is 8.17. The Morgan fingerprint density at radius 3 is 2.17 bits per heavy atom. The number of hydrogen-bond donors (Lipinski definition) is 1. The van der Waals surface area contributed by atoms with Gasteiger partial charge in [0.25, 0.3) is 15.8 Å². The fourth-order valence-corrected chi connectivity index (χ4v) is 2.55. The predicted molar refractivity (Wildman–Crippen MR) is 86.1 cm³/mol. The Morgan fingerprint density at radius 1 is 1.00 bits per heavy atom. The maximum Gasteiger partial charge on any atom is 0.294 e. The van der Waals surface area contributed by atoms with Crippen LogP contribution >= 0.6 is 0 Å². The summed E-state index contributed by atoms with van der Waals surface area (Å²) in [7, 11) is -2.12. The van der Waals surface area contributed by atoms with E-state index in [0.717, 1.165) is 10.8 Å². The van der Waals surface area contributed by atoms with Crippen LogP contribution in [0.4, 0.5) is 0 Å². The van der Waals surface area contributed by atoms with Crippen LogP contribution in [0.15, 0.2) is 71.8 Å². The van der Waals surface area contributed by atoms with Crippen LogP contribution in [0.2, 0.25) is 0 Å². The molecule has 3 aromatic rings. The third-order valence-corrected chi connectivity index (χ3v) is 4.06. The molecule has 116 valence electrons. The average molecular weight is 327 g/mol. The van der Waals surface area contributed by atoms with Gasteiger partial charge in [0.2, 0.25) is 0 Å². The molecule has 2 aromatic carbocycles. The van der Waals surface area contributed by atoms with Crippen molar-refractivity contribution in [1.82, 2.24) is 0 Å². The molecule has 0 atom stereocenters. The van der Waals surface area contributed by atoms with Crippen LogP contribution in [0.3, 0.4) is 0 Å². The number of rotatable bonds is 1. The molecule has 0 fully saturated rings. The van der Waals surface area contributed by atoms with Gasteiger partial charge in [0.15, 0.2) is 12.3 Å². The van der Waals surface area contributed by atoms with E-state index in [1.165, 1.54) is 12.1 Å². The zero-order valence-electron chi connectivity index (χ0n) is 12.4. The van der Waals surface area contributed by atoms with Gasteiger partial charge >= 0.3 is 0 Å². The van der Waals surface area contributed by atoms with Crippen LogP contribution < -0.4 is 4.57 Å². The minimum absolute atomic E-state index is 0.0741. The SMILES string of the molecule is C[n+]1ccc2ccccc2c1C#N.O=S(=O)(O)c1ccccc1. The molecule has 6 heteroatoms. The Hall–Kier alpha value is -2.75. The molecule has 0 aliphatic carbocycles. The molecule has 0 unspecified atom stereocenters. The summed E-state index contributed by atoms with van der Waals surface area (Å²) in [5.74, 6) is 0. The number of benzene rings is 2. The molecule has 0 aliphatic rings. The molecule has 1 N–H and O–H groups in total. The van der Waals surface area contributed by atoms with E-state index in [0.29, 0.717) is 5.69 Å². The summed E-state index contributed by atoms with van der Waals surface area (Å²) in [6.45, 7) is 0. The van der Waals surface area contributed by atoms with Crippen molar-refractivity contribution in [3.63, 3.8) is 0 Å². The first-order chi connectivity index (χ1) is 10.9. The number of nitriles is 1. The van der Waals surface area contributed by atoms with E-state index in [4.69, 9.17) is 9.81 Å². The van der Waals surface area contributed by atoms with Gasteiger partial charge in [0.1, 0.15) is 7.05 Å². The van der Waals surface area contributed by atoms with Crippen molar-refractivity contribution in [3.05, 3.63) is 72.6 Å². The second kappa shape index (κ2) is 7.01. The van der Waals surface area contributed by atoms with Gasteiger partial charge in [-0.2, -0.15) is 18.2 Å². The van der Waals surface area contributed by atoms with Crippen molar-refractivity contribution in [3.8, 4) is 6.07 Å². The smallest absolute Gasteiger partial charge is 0.282 e. The number of nitrogens with zero attached hydrogens (tertiary/aromatic N) is 2. The molecule has 0 amide bonds. The number of aromatic nitrogens is 1. The molecule has 1 heterocycles. The lowest BCUT2D eigenvalue weighted by Crippen LogP contribution is -2.31. The van der Waals surface area contributed by atoms with Gasteiger partial charge in [0.05, 0.1) is 10.3 Å². The van der Waals surface area contributed by atoms with E-state index in [9.17, 15) is 8.42 Å². The van der Waals surface area contributed by atoms with Gasteiger partial charge in [0, 0.05) is 6.07 Å². The van der Waals surface area contributed by atoms with Gasteiger partial charge in [-0.1, -0.05) is 36.4 Å². The van der Waals surface area contributed by atoms with Crippen molar-refractivity contribution >= 4 is 20.9 Å². The highest BCUT2D eigenvalue weighted by atomic mass is 32.2. The third-order valence-electron chi connectivity index (χ3n) is 3.19. The third kappa shape index (κ3) is 4.13. The largest absolute Gasteiger partial charge is 0.294 e. The number of hydrogen-bond acceptors (Lipinski definition) is 3. The van der Waals surface area contributed by atoms with E-state index in [1.54, 1.807) is 18.2 Å². The minimum Gasteiger partial charge on any atom is -0.282 e. The molecular weight excluding hydrogens is 312 g/mol. The molecular formula is C17H15N2O3S+. The van der Waals surface area contributed by atoms with Gasteiger partial charge in [-0.05, 0) is 23.6 Å². The lowest BCUT2D eigenvalue weighted by Gasteiger charge is -1.96. The Labute approximate surface area is 134 Å². The normalized spacial score (nSPS) is 10.5. The van der Waals surface area contributed by atoms with Crippen LogP contribution in [0.25, 0.3) is 10.8 Å². The van der Waals surface area contributed by atoms with Crippen molar-refractivity contribution in [2.24, 2.45) is 7.05 Å². The van der Waals surface area contributed by atoms with Crippen molar-refractivity contribution in [2.45, 2.75) is 4.90 Å². The Bertz CT molecular complexity index is 962. The highest BCUT2D eigenvalue weighted by Crippen LogP contribution is 2.13. The molecule has 0 saturated carbocycles. The number of aryl methyl sites for hydroxylation is 1. The standard InChI is InChI=1S/C11H9N2.C6H6O3S/c1-13-7-6-9-4-2-3-5-10(9)11(13)8-12;7-10(8,9)6-4-2-1-3-5-6/h2-7H,1H3;1-5H,(H,7,8,9)/q+1;. The average Bonchev–Trinajstić information content (AvgIpc) is 2.55. The van der Waals surface area contributed by atoms with Crippen LogP contribution in [0, 0.1) is 11.3 Å². The molecule has 3 rings (SSSR count). The van der Waals surface area contributed by atoms with Crippen molar-refractivity contribution in [1.29, 1.82) is 5.26 Å². The Kier molecular flexibility index (Phi) is 5.06. The summed E-state index contributed by atoms with van der Waals surface area (Å²) in [6, 6.07) is 19.5. The molecule has 0 radical (unpaired) electrons. The highest BCUT2D eigenvalue weighted by Gasteiger charge is 2.09. The summed E-state index contributed by atoms with van der Waals surface area (Å²) >= 11 is 0. The van der Waals surface area contributed by atoms with Gasteiger partial charge < -0.3 is 0 Å². The van der Waals surface area contributed by atoms with Crippen LogP contribution in [-0.2, 0) is 17.2 Å². The minimum atomic E-state index is -4.00. The summed E-state index contributed by atoms with van der Waals surface area (Å²) in [6.07, 6.45) is 1.90. The molecule has 23 heavy (non-hydrogen) atoms. The maximum atomic E-state index is 10.4. The Balaban J connectivity index is 0.000000174. The van der Waals surface area contributed by atoms with E-state index < -0.39 is 10.1 Å². The second-order valence-electron chi connectivity index (χ2n) is 4.76. The molecule has 5 nitrogen and oxygen atoms in total. The first kappa shape index (κ1) is 16.6. The van der Waals surface area contributed by atoms with Crippen LogP contribution in [0.1, 0.15) is 5.69 Å². The molecule has 1 aromatic heterocycles. The van der Waals surface area contributed by atoms with Crippen LogP contribution in [-0.4, -0.2) is 13.0 Å². The van der Waals surface area contributed by atoms with E-state index in [-0.39, 0.29) is 4.90 Å². The van der Waals surface area contributed by atoms with Gasteiger partial charge in [-0.25, -0.2) is 0 Å². The number of pyridine rings is 1. The molecule has 0 saturated heterocycles. The fourth-order valence-electron chi connectivity index (χ4n) is 2.05. The lowest BCUT2D eigenvalue weighted by atomic mass is 10.1. The monoisotopic (exact) mass is 327 g/mol. The quantitative estimate of drug-likeness (QED) is 0.550. The lowest BCUT2D eigenvalue weighted by molar-refractivity contribution is -0.672. The van der Waals surface area contributed by atoms with E-state index in [1.807, 2.05) is 48.1 Å². The number of fused-ring (bicyclic) bond motifs is 1. The van der Waals surface area contributed by atoms with Crippen molar-refractivity contribution in [2.75, 3.05) is 0 Å². The Morgan fingerprint density at radius 2 is 1.61 bits per heavy atom. The molecule has 0 spiro atoms. The summed E-state index contributed by atoms with van der Waals surface area (Å²) in [4.78, 5) is -0.0741. The summed E-state index contributed by atoms with van der Waals surface area (Å²) in [5.41, 5.74) is 0.707. The first-order valence-electron chi connectivity index (χ1n) is 6.73. The van der Waals surface area contributed by atoms with Crippen LogP contribution in [0.5, 0.6) is 0 Å². The van der Waals surface area contributed by atoms with E-state index >= 15 is 0 Å². The van der Waals surface area contributed by atoms with Gasteiger partial charge in [-0.3, -0.25) is 4.55 Å². The zero-order chi connectivity index (χ0) is 16.9. The predicted octanol–water partition coefficient (Wildman–Crippen LogP) is 2.47. The van der Waals surface area contributed by atoms with Crippen molar-refractivity contribution < 1.29 is 17.5 Å². The molecule has 0 aliphatic heterocycles. The van der Waals surface area contributed by atoms with E-state index in [2.05, 4.69) is 6.07 Å². The summed E-state index contributed by atoms with van der Waals surface area (Å²) < 4.78 is 31.1. The highest BCUT2D eigenvalue weighted by molar-refractivity contribution is 7.85. The summed E-state index contributed by atoms with van der Waals surface area (Å²) in [5, 5.41) is 11.1. The van der Waals surface area contributed by atoms with Gasteiger partial charge in [-0.15, -0.1) is 0 Å². The molecule has 0 bridgehead atoms. The second-order valence-corrected chi connectivity index (χ2v) is 6.18. The zero-order valence-corrected chi connectivity index (χ0v) is 13.2. The maximum absolute atomic E-state index is 10.4. The topological polar surface area (TPSA) is 82.0 Å².